The minimum Gasteiger partial charge on any atom is -0.481 e. The summed E-state index contributed by atoms with van der Waals surface area (Å²) in [5.41, 5.74) is 3.33. The number of aromatic nitrogens is 5. The summed E-state index contributed by atoms with van der Waals surface area (Å²) in [6.07, 6.45) is 5.78. The van der Waals surface area contributed by atoms with Gasteiger partial charge >= 0.3 is 5.97 Å². The standard InChI is InChI=1S/C32H37FN6O4/c1-4-38-20-34-17-23(38)18-39-28(10-11-30(40)41)35-36-29(39)19-37-14-12-22(13-15-37)24-6-5-7-27-31(24)43-32(3,42-27)25-9-8-21(2)16-26(25)33/h5-9,16-17,20,22H,4,10-15,18-19H2,1-3H3,(H,40,41). The molecule has 43 heavy (non-hydrogen) atoms. The molecule has 2 aromatic heterocycles. The molecule has 0 spiro atoms. The van der Waals surface area contributed by atoms with Crippen LogP contribution < -0.4 is 9.47 Å². The molecule has 226 valence electrons. The first-order chi connectivity index (χ1) is 20.7. The molecule has 0 aliphatic carbocycles. The minimum absolute atomic E-state index is 0.000645. The van der Waals surface area contributed by atoms with E-state index in [1.807, 2.05) is 35.9 Å². The third-order valence-electron chi connectivity index (χ3n) is 8.54. The van der Waals surface area contributed by atoms with Gasteiger partial charge in [0.25, 0.3) is 5.79 Å². The van der Waals surface area contributed by atoms with Gasteiger partial charge in [-0.25, -0.2) is 9.37 Å². The topological polar surface area (TPSA) is 108 Å². The first-order valence-corrected chi connectivity index (χ1v) is 14.9. The minimum atomic E-state index is -1.23. The van der Waals surface area contributed by atoms with Crippen LogP contribution in [0.3, 0.4) is 0 Å². The number of nitrogens with zero attached hydrogens (tertiary/aromatic N) is 6. The number of imidazole rings is 1. The number of aryl methyl sites for hydroxylation is 3. The van der Waals surface area contributed by atoms with Crippen LogP contribution in [0.25, 0.3) is 0 Å². The molecule has 1 unspecified atom stereocenters. The Balaban J connectivity index is 1.15. The van der Waals surface area contributed by atoms with E-state index in [2.05, 4.69) is 37.6 Å². The molecule has 1 saturated heterocycles. The van der Waals surface area contributed by atoms with Crippen LogP contribution in [0.1, 0.15) is 73.1 Å². The van der Waals surface area contributed by atoms with Crippen molar-refractivity contribution in [1.29, 1.82) is 0 Å². The third-order valence-corrected chi connectivity index (χ3v) is 8.54. The van der Waals surface area contributed by atoms with Gasteiger partial charge in [-0.05, 0) is 69.5 Å². The normalized spacial score (nSPS) is 18.8. The van der Waals surface area contributed by atoms with Crippen molar-refractivity contribution in [3.8, 4) is 11.5 Å². The molecule has 4 heterocycles. The molecule has 0 saturated carbocycles. The molecule has 2 aliphatic heterocycles. The van der Waals surface area contributed by atoms with Gasteiger partial charge in [0, 0.05) is 31.6 Å². The van der Waals surface area contributed by atoms with E-state index in [4.69, 9.17) is 9.47 Å². The number of ether oxygens (including phenoxy) is 2. The van der Waals surface area contributed by atoms with E-state index in [9.17, 15) is 14.3 Å². The fourth-order valence-electron chi connectivity index (χ4n) is 6.17. The van der Waals surface area contributed by atoms with E-state index in [0.717, 1.165) is 55.1 Å². The van der Waals surface area contributed by atoms with E-state index in [1.54, 1.807) is 19.3 Å². The van der Waals surface area contributed by atoms with Gasteiger partial charge in [0.2, 0.25) is 0 Å². The second kappa shape index (κ2) is 11.8. The van der Waals surface area contributed by atoms with E-state index < -0.39 is 11.8 Å². The van der Waals surface area contributed by atoms with Crippen LogP contribution in [-0.4, -0.2) is 53.4 Å². The van der Waals surface area contributed by atoms with Crippen molar-refractivity contribution < 1.29 is 23.8 Å². The second-order valence-corrected chi connectivity index (χ2v) is 11.5. The van der Waals surface area contributed by atoms with Crippen LogP contribution in [0.2, 0.25) is 0 Å². The zero-order valence-electron chi connectivity index (χ0n) is 24.8. The Morgan fingerprint density at radius 1 is 1.12 bits per heavy atom. The number of hydrogen-bond donors (Lipinski definition) is 1. The van der Waals surface area contributed by atoms with Crippen LogP contribution in [0.15, 0.2) is 48.9 Å². The molecule has 11 heteroatoms. The predicted octanol–water partition coefficient (Wildman–Crippen LogP) is 5.03. The van der Waals surface area contributed by atoms with Gasteiger partial charge < -0.3 is 23.7 Å². The molecular formula is C32H37FN6O4. The lowest BCUT2D eigenvalue weighted by Gasteiger charge is -2.32. The summed E-state index contributed by atoms with van der Waals surface area (Å²) in [6.45, 7) is 9.33. The summed E-state index contributed by atoms with van der Waals surface area (Å²) < 4.78 is 31.6. The van der Waals surface area contributed by atoms with Crippen LogP contribution in [0, 0.1) is 12.7 Å². The summed E-state index contributed by atoms with van der Waals surface area (Å²) in [7, 11) is 0. The Morgan fingerprint density at radius 2 is 1.91 bits per heavy atom. The maximum absolute atomic E-state index is 14.9. The van der Waals surface area contributed by atoms with Crippen molar-refractivity contribution in [2.45, 2.75) is 77.8 Å². The second-order valence-electron chi connectivity index (χ2n) is 11.5. The lowest BCUT2D eigenvalue weighted by atomic mass is 9.88. The van der Waals surface area contributed by atoms with Gasteiger partial charge in [0.05, 0.1) is 37.1 Å². The first-order valence-electron chi connectivity index (χ1n) is 14.9. The lowest BCUT2D eigenvalue weighted by Crippen LogP contribution is -2.34. The number of likely N-dealkylation sites (tertiary alicyclic amines) is 1. The number of carbonyl (C=O) groups is 1. The van der Waals surface area contributed by atoms with Gasteiger partial charge in [-0.15, -0.1) is 10.2 Å². The average molecular weight is 589 g/mol. The number of piperidine rings is 1. The molecule has 2 aliphatic rings. The fourth-order valence-corrected chi connectivity index (χ4v) is 6.17. The van der Waals surface area contributed by atoms with Gasteiger partial charge in [0.1, 0.15) is 17.5 Å². The van der Waals surface area contributed by atoms with Gasteiger partial charge in [-0.2, -0.15) is 0 Å². The number of aliphatic carboxylic acids is 1. The summed E-state index contributed by atoms with van der Waals surface area (Å²) in [6, 6.07) is 11.0. The van der Waals surface area contributed by atoms with Crippen LogP contribution >= 0.6 is 0 Å². The molecular weight excluding hydrogens is 551 g/mol. The number of rotatable bonds is 10. The van der Waals surface area contributed by atoms with Crippen molar-refractivity contribution in [3.05, 3.63) is 88.8 Å². The molecule has 0 radical (unpaired) electrons. The molecule has 0 amide bonds. The number of carboxylic acids is 1. The molecule has 4 aromatic rings. The molecule has 2 aromatic carbocycles. The summed E-state index contributed by atoms with van der Waals surface area (Å²) >= 11 is 0. The Bertz CT molecular complexity index is 1630. The van der Waals surface area contributed by atoms with Crippen molar-refractivity contribution in [1.82, 2.24) is 29.2 Å². The Labute approximate surface area is 250 Å². The lowest BCUT2D eigenvalue weighted by molar-refractivity contribution is -0.137. The van der Waals surface area contributed by atoms with Crippen molar-refractivity contribution in [2.75, 3.05) is 13.1 Å². The van der Waals surface area contributed by atoms with E-state index in [1.165, 1.54) is 6.07 Å². The van der Waals surface area contributed by atoms with Crippen molar-refractivity contribution >= 4 is 5.97 Å². The maximum atomic E-state index is 14.9. The molecule has 1 N–H and O–H groups in total. The zero-order chi connectivity index (χ0) is 30.1. The number of carboxylic acid groups (broad SMARTS) is 1. The summed E-state index contributed by atoms with van der Waals surface area (Å²) in [5.74, 6) is 0.646. The molecule has 0 bridgehead atoms. The summed E-state index contributed by atoms with van der Waals surface area (Å²) in [4.78, 5) is 17.9. The van der Waals surface area contributed by atoms with E-state index >= 15 is 0 Å². The highest BCUT2D eigenvalue weighted by atomic mass is 19.1. The number of benzene rings is 2. The van der Waals surface area contributed by atoms with Crippen molar-refractivity contribution in [3.63, 3.8) is 0 Å². The first kappa shape index (κ1) is 28.9. The molecule has 1 atom stereocenters. The van der Waals surface area contributed by atoms with Crippen LogP contribution in [0.4, 0.5) is 4.39 Å². The molecule has 6 rings (SSSR count). The number of para-hydroxylation sites is 1. The fraction of sp³-hybridized carbons (Fsp3) is 0.438. The van der Waals surface area contributed by atoms with E-state index in [-0.39, 0.29) is 18.2 Å². The van der Waals surface area contributed by atoms with Gasteiger partial charge in [-0.3, -0.25) is 9.69 Å². The largest absolute Gasteiger partial charge is 0.481 e. The predicted molar refractivity (Wildman–Crippen MR) is 156 cm³/mol. The Hall–Kier alpha value is -4.25. The van der Waals surface area contributed by atoms with E-state index in [0.29, 0.717) is 42.4 Å². The van der Waals surface area contributed by atoms with Crippen LogP contribution in [-0.2, 0) is 36.6 Å². The van der Waals surface area contributed by atoms with Gasteiger partial charge in [-0.1, -0.05) is 18.2 Å². The Kier molecular flexibility index (Phi) is 7.91. The highest BCUT2D eigenvalue weighted by Crippen LogP contribution is 2.49. The highest BCUT2D eigenvalue weighted by Gasteiger charge is 2.42. The number of fused-ring (bicyclic) bond motifs is 1. The molecule has 1 fully saturated rings. The monoisotopic (exact) mass is 588 g/mol. The zero-order valence-corrected chi connectivity index (χ0v) is 24.8. The SMILES string of the molecule is CCn1cncc1Cn1c(CCC(=O)O)nnc1CN1CCC(c2cccc3c2OC(C)(c2ccc(C)cc2F)O3)CC1. The quantitative estimate of drug-likeness (QED) is 0.275. The van der Waals surface area contributed by atoms with Crippen molar-refractivity contribution in [2.24, 2.45) is 0 Å². The number of halogens is 1. The summed E-state index contributed by atoms with van der Waals surface area (Å²) in [5, 5.41) is 18.1. The average Bonchev–Trinajstić information content (AvgIpc) is 3.69. The van der Waals surface area contributed by atoms with Crippen LogP contribution in [0.5, 0.6) is 11.5 Å². The van der Waals surface area contributed by atoms with Gasteiger partial charge in [0.15, 0.2) is 11.5 Å². The molecule has 10 nitrogen and oxygen atoms in total. The maximum Gasteiger partial charge on any atom is 0.303 e. The smallest absolute Gasteiger partial charge is 0.303 e. The number of hydrogen-bond acceptors (Lipinski definition) is 7. The third kappa shape index (κ3) is 5.86. The highest BCUT2D eigenvalue weighted by molar-refractivity contribution is 5.66. The Morgan fingerprint density at radius 3 is 2.65 bits per heavy atom.